The van der Waals surface area contributed by atoms with E-state index in [2.05, 4.69) is 6.92 Å². The summed E-state index contributed by atoms with van der Waals surface area (Å²) in [7, 11) is 1.56. The van der Waals surface area contributed by atoms with Crippen LogP contribution in [0.15, 0.2) is 53.4 Å². The van der Waals surface area contributed by atoms with Gasteiger partial charge in [-0.3, -0.25) is 9.69 Å². The molecule has 168 valence electrons. The van der Waals surface area contributed by atoms with E-state index in [1.54, 1.807) is 25.3 Å². The van der Waals surface area contributed by atoms with Gasteiger partial charge in [0.2, 0.25) is 0 Å². The third kappa shape index (κ3) is 5.69. The molecule has 0 aromatic heterocycles. The number of carboxylic acids is 1. The summed E-state index contributed by atoms with van der Waals surface area (Å²) in [5.41, 5.74) is 1.56. The van der Waals surface area contributed by atoms with Gasteiger partial charge in [-0.2, -0.15) is 0 Å². The summed E-state index contributed by atoms with van der Waals surface area (Å²) in [5, 5.41) is 9.78. The predicted octanol–water partition coefficient (Wildman–Crippen LogP) is 4.77. The first-order valence-electron chi connectivity index (χ1n) is 10.3. The van der Waals surface area contributed by atoms with E-state index in [1.165, 1.54) is 4.90 Å². The Morgan fingerprint density at radius 3 is 2.62 bits per heavy atom. The van der Waals surface area contributed by atoms with Crippen LogP contribution in [-0.4, -0.2) is 46.0 Å². The number of benzene rings is 2. The molecule has 1 unspecified atom stereocenters. The smallest absolute Gasteiger partial charge is 0.327 e. The lowest BCUT2D eigenvalue weighted by Gasteiger charge is -2.23. The molecule has 1 aliphatic rings. The number of carboxylic acid groups (broad SMARTS) is 1. The molecule has 1 heterocycles. The van der Waals surface area contributed by atoms with Crippen molar-refractivity contribution in [1.29, 1.82) is 0 Å². The fourth-order valence-electron chi connectivity index (χ4n) is 3.25. The average molecular weight is 472 g/mol. The van der Waals surface area contributed by atoms with Crippen LogP contribution in [0.2, 0.25) is 0 Å². The van der Waals surface area contributed by atoms with E-state index in [-0.39, 0.29) is 10.7 Å². The van der Waals surface area contributed by atoms with Crippen molar-refractivity contribution in [2.45, 2.75) is 32.2 Å². The molecule has 0 aliphatic carbocycles. The summed E-state index contributed by atoms with van der Waals surface area (Å²) < 4.78 is 11.4. The number of unbranched alkanes of at least 4 members (excludes halogenated alkanes) is 1. The molecule has 3 rings (SSSR count). The number of thiocarbonyl (C=S) groups is 1. The van der Waals surface area contributed by atoms with Crippen molar-refractivity contribution in [2.75, 3.05) is 13.7 Å². The predicted molar refractivity (Wildman–Crippen MR) is 130 cm³/mol. The highest BCUT2D eigenvalue weighted by Crippen LogP contribution is 2.36. The molecular weight excluding hydrogens is 446 g/mol. The number of nitrogens with zero attached hydrogens (tertiary/aromatic N) is 1. The van der Waals surface area contributed by atoms with E-state index >= 15 is 0 Å². The van der Waals surface area contributed by atoms with Gasteiger partial charge in [0.1, 0.15) is 10.4 Å². The third-order valence-electron chi connectivity index (χ3n) is 4.93. The molecule has 1 amide bonds. The Morgan fingerprint density at radius 2 is 1.97 bits per heavy atom. The Balaban J connectivity index is 1.82. The van der Waals surface area contributed by atoms with Gasteiger partial charge in [0.25, 0.3) is 5.91 Å². The fourth-order valence-corrected chi connectivity index (χ4v) is 4.60. The second kappa shape index (κ2) is 11.2. The molecule has 1 aliphatic heterocycles. The van der Waals surface area contributed by atoms with Gasteiger partial charge in [-0.1, -0.05) is 73.7 Å². The van der Waals surface area contributed by atoms with Crippen molar-refractivity contribution in [3.63, 3.8) is 0 Å². The molecule has 2 aromatic rings. The Morgan fingerprint density at radius 1 is 1.22 bits per heavy atom. The van der Waals surface area contributed by atoms with Gasteiger partial charge in [0.15, 0.2) is 11.5 Å². The van der Waals surface area contributed by atoms with Crippen molar-refractivity contribution in [1.82, 2.24) is 4.90 Å². The number of carbonyl (C=O) groups is 2. The number of aliphatic carboxylic acids is 1. The standard InChI is InChI=1S/C24H25NO5S2/c1-3-4-12-30-19-11-10-17(14-20(19)29-2)15-21-22(26)25(24(31)32-21)18(23(27)28)13-16-8-6-5-7-9-16/h5-11,14-15,18H,3-4,12-13H2,1-2H3,(H,27,28)/b21-15-. The summed E-state index contributed by atoms with van der Waals surface area (Å²) in [5.74, 6) is -0.301. The summed E-state index contributed by atoms with van der Waals surface area (Å²) in [6.45, 7) is 2.69. The Labute approximate surface area is 197 Å². The van der Waals surface area contributed by atoms with Crippen LogP contribution in [0.1, 0.15) is 30.9 Å². The average Bonchev–Trinajstić information content (AvgIpc) is 3.06. The zero-order chi connectivity index (χ0) is 23.1. The van der Waals surface area contributed by atoms with Gasteiger partial charge < -0.3 is 14.6 Å². The monoisotopic (exact) mass is 471 g/mol. The number of ether oxygens (including phenoxy) is 2. The highest BCUT2D eigenvalue weighted by molar-refractivity contribution is 8.26. The van der Waals surface area contributed by atoms with Gasteiger partial charge in [-0.05, 0) is 35.8 Å². The molecule has 0 spiro atoms. The van der Waals surface area contributed by atoms with Crippen molar-refractivity contribution in [3.8, 4) is 11.5 Å². The molecule has 6 nitrogen and oxygen atoms in total. The van der Waals surface area contributed by atoms with Crippen LogP contribution in [0.4, 0.5) is 0 Å². The molecule has 0 saturated carbocycles. The summed E-state index contributed by atoms with van der Waals surface area (Å²) in [4.78, 5) is 26.6. The van der Waals surface area contributed by atoms with E-state index in [0.29, 0.717) is 23.0 Å². The highest BCUT2D eigenvalue weighted by Gasteiger charge is 2.40. The number of hydrogen-bond donors (Lipinski definition) is 1. The molecule has 8 heteroatoms. The third-order valence-corrected chi connectivity index (χ3v) is 6.26. The Kier molecular flexibility index (Phi) is 8.30. The van der Waals surface area contributed by atoms with Crippen molar-refractivity contribution >= 4 is 46.3 Å². The molecule has 32 heavy (non-hydrogen) atoms. The largest absolute Gasteiger partial charge is 0.493 e. The van der Waals surface area contributed by atoms with Crippen LogP contribution in [0.5, 0.6) is 11.5 Å². The summed E-state index contributed by atoms with van der Waals surface area (Å²) in [6, 6.07) is 13.5. The number of amides is 1. The zero-order valence-corrected chi connectivity index (χ0v) is 19.6. The van der Waals surface area contributed by atoms with Gasteiger partial charge in [-0.25, -0.2) is 4.79 Å². The lowest BCUT2D eigenvalue weighted by molar-refractivity contribution is -0.145. The first kappa shape index (κ1) is 23.8. The van der Waals surface area contributed by atoms with Crippen molar-refractivity contribution in [3.05, 3.63) is 64.6 Å². The molecule has 1 N–H and O–H groups in total. The summed E-state index contributed by atoms with van der Waals surface area (Å²) >= 11 is 6.47. The Hall–Kier alpha value is -2.84. The van der Waals surface area contributed by atoms with Crippen LogP contribution in [0, 0.1) is 0 Å². The first-order valence-corrected chi connectivity index (χ1v) is 11.5. The van der Waals surface area contributed by atoms with E-state index in [9.17, 15) is 14.7 Å². The number of methoxy groups -OCH3 is 1. The maximum absolute atomic E-state index is 13.1. The van der Waals surface area contributed by atoms with E-state index in [1.807, 2.05) is 36.4 Å². The van der Waals surface area contributed by atoms with E-state index < -0.39 is 17.9 Å². The number of carbonyl (C=O) groups excluding carboxylic acids is 1. The second-order valence-corrected chi connectivity index (χ2v) is 8.88. The molecule has 2 aromatic carbocycles. The second-order valence-electron chi connectivity index (χ2n) is 7.21. The normalized spacial score (nSPS) is 15.8. The lowest BCUT2D eigenvalue weighted by Crippen LogP contribution is -2.45. The quantitative estimate of drug-likeness (QED) is 0.304. The summed E-state index contributed by atoms with van der Waals surface area (Å²) in [6.07, 6.45) is 3.84. The van der Waals surface area contributed by atoms with Crippen LogP contribution in [-0.2, 0) is 16.0 Å². The van der Waals surface area contributed by atoms with Gasteiger partial charge in [0, 0.05) is 6.42 Å². The molecule has 0 radical (unpaired) electrons. The number of thioether (sulfide) groups is 1. The molecule has 1 fully saturated rings. The van der Waals surface area contributed by atoms with Crippen LogP contribution in [0.25, 0.3) is 6.08 Å². The molecular formula is C24H25NO5S2. The zero-order valence-electron chi connectivity index (χ0n) is 17.9. The molecule has 0 bridgehead atoms. The maximum atomic E-state index is 13.1. The molecule has 1 saturated heterocycles. The van der Waals surface area contributed by atoms with Crippen molar-refractivity contribution < 1.29 is 24.2 Å². The Bertz CT molecular complexity index is 1020. The van der Waals surface area contributed by atoms with Crippen LogP contribution < -0.4 is 9.47 Å². The van der Waals surface area contributed by atoms with Crippen LogP contribution in [0.3, 0.4) is 0 Å². The minimum absolute atomic E-state index is 0.174. The minimum atomic E-state index is -1.10. The lowest BCUT2D eigenvalue weighted by atomic mass is 10.0. The van der Waals surface area contributed by atoms with Crippen molar-refractivity contribution in [2.24, 2.45) is 0 Å². The first-order chi connectivity index (χ1) is 15.4. The number of rotatable bonds is 10. The minimum Gasteiger partial charge on any atom is -0.493 e. The highest BCUT2D eigenvalue weighted by atomic mass is 32.2. The van der Waals surface area contributed by atoms with Crippen LogP contribution >= 0.6 is 24.0 Å². The van der Waals surface area contributed by atoms with Gasteiger partial charge in [-0.15, -0.1) is 0 Å². The van der Waals surface area contributed by atoms with Gasteiger partial charge in [0.05, 0.1) is 18.6 Å². The van der Waals surface area contributed by atoms with Gasteiger partial charge >= 0.3 is 5.97 Å². The van der Waals surface area contributed by atoms with E-state index in [0.717, 1.165) is 35.7 Å². The SMILES string of the molecule is CCCCOc1ccc(/C=C2\SC(=S)N(C(Cc3ccccc3)C(=O)O)C2=O)cc1OC. The topological polar surface area (TPSA) is 76.1 Å². The maximum Gasteiger partial charge on any atom is 0.327 e. The number of hydrogen-bond acceptors (Lipinski definition) is 6. The molecule has 1 atom stereocenters. The fraction of sp³-hybridized carbons (Fsp3) is 0.292. The van der Waals surface area contributed by atoms with E-state index in [4.69, 9.17) is 21.7 Å².